The largest absolute Gasteiger partial charge is 0.545 e. The molecule has 0 amide bonds. The molecule has 0 heterocycles. The number of hydrogen-bond acceptors (Lipinski definition) is 8. The van der Waals surface area contributed by atoms with E-state index in [0.29, 0.717) is 23.9 Å². The van der Waals surface area contributed by atoms with Crippen LogP contribution in [0.15, 0.2) is 109 Å². The van der Waals surface area contributed by atoms with Gasteiger partial charge in [-0.1, -0.05) is 284 Å². The van der Waals surface area contributed by atoms with Crippen molar-refractivity contribution in [2.75, 3.05) is 47.5 Å². The average Bonchev–Trinajstić information content (AvgIpc) is 3.43. The Morgan fingerprint density at radius 2 is 0.713 bits per heavy atom. The van der Waals surface area contributed by atoms with Crippen LogP contribution in [-0.4, -0.2) is 82.3 Å². The molecule has 0 spiro atoms. The number of carboxylic acid groups (broad SMARTS) is 1. The molecule has 0 aliphatic carbocycles. The van der Waals surface area contributed by atoms with Crippen molar-refractivity contribution in [3.8, 4) is 0 Å². The summed E-state index contributed by atoms with van der Waals surface area (Å²) in [6, 6.07) is 0. The predicted octanol–water partition coefficient (Wildman–Crippen LogP) is 18.5. The van der Waals surface area contributed by atoms with Crippen molar-refractivity contribution in [3.63, 3.8) is 0 Å². The minimum absolute atomic E-state index is 0.132. The number of carboxylic acids is 1. The maximum Gasteiger partial charge on any atom is 0.306 e. The number of aliphatic carboxylic acids is 1. The lowest BCUT2D eigenvalue weighted by atomic mass is 10.0. The molecule has 2 unspecified atom stereocenters. The number of allylic oxidation sites excluding steroid dienone is 18. The molecule has 0 rings (SSSR count). The molecule has 0 aromatic heterocycles. The number of rotatable bonds is 59. The zero-order chi connectivity index (χ0) is 58.3. The van der Waals surface area contributed by atoms with Gasteiger partial charge in [-0.2, -0.15) is 0 Å². The molecule has 0 aromatic carbocycles. The minimum Gasteiger partial charge on any atom is -0.545 e. The lowest BCUT2D eigenvalue weighted by molar-refractivity contribution is -0.870. The SMILES string of the molecule is CC/C=C\C/C=C\C/C=C\C/C=C\C/C=C\C/C=C\C/C=C\C/C=C\C/C=C\CCCC(=O)OC(COC(=O)CCCCCCCCCCCCCCCCCCCCCCCCCCCC)COC(OCC[N+](C)(C)C)C(=O)[O-]. The van der Waals surface area contributed by atoms with Crippen LogP contribution in [0, 0.1) is 0 Å². The van der Waals surface area contributed by atoms with Gasteiger partial charge in [0.25, 0.3) is 0 Å². The lowest BCUT2D eigenvalue weighted by Gasteiger charge is -2.26. The Bertz CT molecular complexity index is 1680. The third kappa shape index (κ3) is 61.6. The van der Waals surface area contributed by atoms with Crippen molar-refractivity contribution in [2.24, 2.45) is 0 Å². The molecular formula is C71H121NO8. The maximum atomic E-state index is 12.9. The third-order valence-corrected chi connectivity index (χ3v) is 13.8. The van der Waals surface area contributed by atoms with E-state index < -0.39 is 24.3 Å². The first-order valence-corrected chi connectivity index (χ1v) is 32.5. The van der Waals surface area contributed by atoms with Gasteiger partial charge in [0.1, 0.15) is 13.2 Å². The molecule has 0 fully saturated rings. The average molecular weight is 1120 g/mol. The fourth-order valence-electron chi connectivity index (χ4n) is 8.83. The molecule has 0 N–H and O–H groups in total. The Balaban J connectivity index is 4.29. The third-order valence-electron chi connectivity index (χ3n) is 13.8. The Kier molecular flexibility index (Phi) is 57.9. The lowest BCUT2D eigenvalue weighted by Crippen LogP contribution is -2.44. The fourth-order valence-corrected chi connectivity index (χ4v) is 8.83. The highest BCUT2D eigenvalue weighted by atomic mass is 16.7. The van der Waals surface area contributed by atoms with Crippen molar-refractivity contribution >= 4 is 17.9 Å². The zero-order valence-corrected chi connectivity index (χ0v) is 52.2. The molecule has 0 saturated carbocycles. The summed E-state index contributed by atoms with van der Waals surface area (Å²) in [4.78, 5) is 37.4. The molecule has 9 nitrogen and oxygen atoms in total. The van der Waals surface area contributed by atoms with Crippen molar-refractivity contribution in [1.82, 2.24) is 0 Å². The summed E-state index contributed by atoms with van der Waals surface area (Å²) in [5, 5.41) is 11.8. The van der Waals surface area contributed by atoms with Crippen LogP contribution in [0.5, 0.6) is 0 Å². The Morgan fingerprint density at radius 3 is 1.05 bits per heavy atom. The molecule has 0 saturated heterocycles. The Labute approximate surface area is 492 Å². The van der Waals surface area contributed by atoms with Crippen LogP contribution >= 0.6 is 0 Å². The van der Waals surface area contributed by atoms with Gasteiger partial charge in [0.15, 0.2) is 12.4 Å². The van der Waals surface area contributed by atoms with Crippen LogP contribution in [0.3, 0.4) is 0 Å². The summed E-state index contributed by atoms with van der Waals surface area (Å²) < 4.78 is 22.7. The number of ether oxygens (including phenoxy) is 4. The number of quaternary nitrogens is 1. The Hall–Kier alpha value is -4.05. The van der Waals surface area contributed by atoms with E-state index in [9.17, 15) is 19.5 Å². The molecule has 80 heavy (non-hydrogen) atoms. The molecule has 0 radical (unpaired) electrons. The van der Waals surface area contributed by atoms with Gasteiger partial charge in [0.2, 0.25) is 0 Å². The van der Waals surface area contributed by atoms with E-state index >= 15 is 0 Å². The molecule has 0 bridgehead atoms. The fraction of sp³-hybridized carbons (Fsp3) is 0.704. The normalized spacial score (nSPS) is 13.5. The van der Waals surface area contributed by atoms with Crippen molar-refractivity contribution in [1.29, 1.82) is 0 Å². The van der Waals surface area contributed by atoms with Crippen molar-refractivity contribution in [2.45, 2.75) is 277 Å². The van der Waals surface area contributed by atoms with Crippen LogP contribution in [0.25, 0.3) is 0 Å². The quantitative estimate of drug-likeness (QED) is 0.0195. The summed E-state index contributed by atoms with van der Waals surface area (Å²) in [6.07, 6.45) is 81.7. The van der Waals surface area contributed by atoms with Crippen LogP contribution in [0.4, 0.5) is 0 Å². The first-order chi connectivity index (χ1) is 39.1. The van der Waals surface area contributed by atoms with E-state index in [4.69, 9.17) is 18.9 Å². The van der Waals surface area contributed by atoms with Gasteiger partial charge in [-0.3, -0.25) is 9.59 Å². The highest BCUT2D eigenvalue weighted by molar-refractivity contribution is 5.70. The number of nitrogens with zero attached hydrogens (tertiary/aromatic N) is 1. The first kappa shape index (κ1) is 76.0. The number of carbonyl (C=O) groups excluding carboxylic acids is 3. The number of unbranched alkanes of at least 4 members (excludes halogenated alkanes) is 26. The predicted molar refractivity (Wildman–Crippen MR) is 338 cm³/mol. The van der Waals surface area contributed by atoms with E-state index in [1.54, 1.807) is 0 Å². The van der Waals surface area contributed by atoms with Gasteiger partial charge in [0, 0.05) is 12.8 Å². The first-order valence-electron chi connectivity index (χ1n) is 32.5. The molecule has 2 atom stereocenters. The van der Waals surface area contributed by atoms with E-state index in [1.165, 1.54) is 148 Å². The molecule has 458 valence electrons. The number of likely N-dealkylation sites (N-methyl/N-ethyl adjacent to an activating group) is 1. The number of carbonyl (C=O) groups is 3. The second-order valence-corrected chi connectivity index (χ2v) is 22.7. The van der Waals surface area contributed by atoms with Gasteiger partial charge in [0.05, 0.1) is 40.3 Å². The summed E-state index contributed by atoms with van der Waals surface area (Å²) >= 11 is 0. The zero-order valence-electron chi connectivity index (χ0n) is 52.2. The van der Waals surface area contributed by atoms with Gasteiger partial charge in [-0.15, -0.1) is 0 Å². The maximum absolute atomic E-state index is 12.9. The standard InChI is InChI=1S/C71H121NO8/c1-6-8-10-12-14-16-18-20-22-24-26-28-30-32-34-35-36-38-40-42-44-46-48-50-52-54-56-58-60-62-69(74)80-67(66-79-71(70(75)76)77-64-63-72(3,4)5)65-78-68(73)61-59-57-55-53-51-49-47-45-43-41-39-37-33-31-29-27-25-23-21-19-17-15-13-11-9-7-2/h8,10,14,16,20,22,26,28,32,34,36,38,42,44,48,50,54,56,67,71H,6-7,9,11-13,15,17-19,21,23-25,27,29-31,33,35,37,39-41,43,45-47,49,51-53,55,57-66H2,1-5H3/b10-8-,16-14-,22-20-,28-26-,34-32-,38-36-,44-42-,50-48-,56-54-. The van der Waals surface area contributed by atoms with Crippen molar-refractivity contribution < 1.29 is 42.9 Å². The highest BCUT2D eigenvalue weighted by Crippen LogP contribution is 2.17. The van der Waals surface area contributed by atoms with Gasteiger partial charge in [-0.25, -0.2) is 0 Å². The summed E-state index contributed by atoms with van der Waals surface area (Å²) in [7, 11) is 5.90. The topological polar surface area (TPSA) is 111 Å². The molecular weight excluding hydrogens is 995 g/mol. The number of hydrogen-bond donors (Lipinski definition) is 0. The molecule has 0 aromatic rings. The van der Waals surface area contributed by atoms with Crippen LogP contribution in [0.2, 0.25) is 0 Å². The minimum atomic E-state index is -1.64. The molecule has 0 aliphatic rings. The second-order valence-electron chi connectivity index (χ2n) is 22.7. The monoisotopic (exact) mass is 1120 g/mol. The summed E-state index contributed by atoms with van der Waals surface area (Å²) in [5.74, 6) is -2.36. The Morgan fingerprint density at radius 1 is 0.388 bits per heavy atom. The van der Waals surface area contributed by atoms with Gasteiger partial charge in [-0.05, 0) is 77.0 Å². The van der Waals surface area contributed by atoms with E-state index in [2.05, 4.69) is 123 Å². The van der Waals surface area contributed by atoms with Gasteiger partial charge >= 0.3 is 11.9 Å². The smallest absolute Gasteiger partial charge is 0.306 e. The molecule has 9 heteroatoms. The van der Waals surface area contributed by atoms with Crippen molar-refractivity contribution in [3.05, 3.63) is 109 Å². The van der Waals surface area contributed by atoms with Crippen LogP contribution < -0.4 is 5.11 Å². The van der Waals surface area contributed by atoms with E-state index in [0.717, 1.165) is 77.0 Å². The highest BCUT2D eigenvalue weighted by Gasteiger charge is 2.22. The number of esters is 2. The van der Waals surface area contributed by atoms with Crippen LogP contribution in [0.1, 0.15) is 264 Å². The summed E-state index contributed by atoms with van der Waals surface area (Å²) in [5.41, 5.74) is 0. The van der Waals surface area contributed by atoms with Crippen LogP contribution in [-0.2, 0) is 33.3 Å². The second kappa shape index (κ2) is 61.0. The van der Waals surface area contributed by atoms with Gasteiger partial charge < -0.3 is 33.3 Å². The van der Waals surface area contributed by atoms with E-state index in [1.807, 2.05) is 21.1 Å². The van der Waals surface area contributed by atoms with E-state index in [-0.39, 0.29) is 38.6 Å². The molecule has 0 aliphatic heterocycles. The summed E-state index contributed by atoms with van der Waals surface area (Å²) in [6.45, 7) is 4.59.